The molecule has 2 heteroatoms. The first-order valence-corrected chi connectivity index (χ1v) is 3.68. The monoisotopic (exact) mass is 139 g/mol. The maximum atomic E-state index is 11.1. The van der Waals surface area contributed by atoms with Gasteiger partial charge >= 0.3 is 0 Å². The summed E-state index contributed by atoms with van der Waals surface area (Å²) >= 11 is 0. The summed E-state index contributed by atoms with van der Waals surface area (Å²) in [6.07, 6.45) is 1.63. The Balaban J connectivity index is 2.24. The molecule has 0 radical (unpaired) electrons. The molecule has 0 unspecified atom stereocenters. The van der Waals surface area contributed by atoms with Crippen molar-refractivity contribution >= 4 is 5.91 Å². The fourth-order valence-corrected chi connectivity index (χ4v) is 1.04. The largest absolute Gasteiger partial charge is 0.335 e. The molecule has 1 rings (SSSR count). The quantitative estimate of drug-likeness (QED) is 0.526. The van der Waals surface area contributed by atoms with Crippen molar-refractivity contribution in [2.75, 3.05) is 13.1 Å². The van der Waals surface area contributed by atoms with Gasteiger partial charge in [-0.05, 0) is 12.0 Å². The highest BCUT2D eigenvalue weighted by Gasteiger charge is 2.21. The van der Waals surface area contributed by atoms with E-state index in [2.05, 4.69) is 6.58 Å². The molecule has 1 saturated heterocycles. The Hall–Kier alpha value is -0.790. The van der Waals surface area contributed by atoms with Crippen LogP contribution in [0.25, 0.3) is 0 Å². The lowest BCUT2D eigenvalue weighted by Gasteiger charge is -2.33. The van der Waals surface area contributed by atoms with Crippen molar-refractivity contribution in [3.05, 3.63) is 12.2 Å². The van der Waals surface area contributed by atoms with Crippen LogP contribution in [-0.2, 0) is 4.79 Å². The third-order valence-electron chi connectivity index (χ3n) is 1.65. The van der Waals surface area contributed by atoms with E-state index in [0.717, 1.165) is 19.5 Å². The highest BCUT2D eigenvalue weighted by Crippen LogP contribution is 2.13. The van der Waals surface area contributed by atoms with Crippen LogP contribution in [0.3, 0.4) is 0 Å². The van der Waals surface area contributed by atoms with Gasteiger partial charge in [-0.3, -0.25) is 4.79 Å². The molecule has 0 atom stereocenters. The van der Waals surface area contributed by atoms with Crippen LogP contribution < -0.4 is 0 Å². The number of hydrogen-bond acceptors (Lipinski definition) is 1. The Kier molecular flexibility index (Phi) is 2.10. The van der Waals surface area contributed by atoms with E-state index in [-0.39, 0.29) is 5.91 Å². The van der Waals surface area contributed by atoms with Crippen LogP contribution in [0.15, 0.2) is 12.2 Å². The SMILES string of the molecule is C=C1CN(C(=O)CCC)C1. The number of rotatable bonds is 2. The number of nitrogens with zero attached hydrogens (tertiary/aromatic N) is 1. The van der Waals surface area contributed by atoms with Crippen molar-refractivity contribution in [1.82, 2.24) is 4.90 Å². The van der Waals surface area contributed by atoms with Crippen molar-refractivity contribution in [2.24, 2.45) is 0 Å². The van der Waals surface area contributed by atoms with Crippen LogP contribution in [0.4, 0.5) is 0 Å². The van der Waals surface area contributed by atoms with Crippen LogP contribution in [0.1, 0.15) is 19.8 Å². The second kappa shape index (κ2) is 2.86. The fraction of sp³-hybridized carbons (Fsp3) is 0.625. The molecule has 0 spiro atoms. The van der Waals surface area contributed by atoms with Gasteiger partial charge < -0.3 is 4.90 Å². The summed E-state index contributed by atoms with van der Waals surface area (Å²) < 4.78 is 0. The van der Waals surface area contributed by atoms with Gasteiger partial charge in [0, 0.05) is 19.5 Å². The summed E-state index contributed by atoms with van der Waals surface area (Å²) in [6.45, 7) is 7.36. The Labute approximate surface area is 61.5 Å². The van der Waals surface area contributed by atoms with Crippen molar-refractivity contribution in [3.63, 3.8) is 0 Å². The van der Waals surface area contributed by atoms with Gasteiger partial charge in [0.15, 0.2) is 0 Å². The van der Waals surface area contributed by atoms with Crippen molar-refractivity contribution in [1.29, 1.82) is 0 Å². The van der Waals surface area contributed by atoms with E-state index in [1.54, 1.807) is 0 Å². The van der Waals surface area contributed by atoms with Crippen molar-refractivity contribution < 1.29 is 4.79 Å². The van der Waals surface area contributed by atoms with E-state index in [1.807, 2.05) is 11.8 Å². The van der Waals surface area contributed by atoms with E-state index < -0.39 is 0 Å². The summed E-state index contributed by atoms with van der Waals surface area (Å²) in [5.41, 5.74) is 1.17. The predicted octanol–water partition coefficient (Wildman–Crippen LogP) is 1.18. The summed E-state index contributed by atoms with van der Waals surface area (Å²) in [4.78, 5) is 12.9. The van der Waals surface area contributed by atoms with Gasteiger partial charge in [0.1, 0.15) is 0 Å². The Morgan fingerprint density at radius 2 is 2.30 bits per heavy atom. The van der Waals surface area contributed by atoms with Gasteiger partial charge in [0.2, 0.25) is 5.91 Å². The molecule has 0 saturated carbocycles. The van der Waals surface area contributed by atoms with Crippen LogP contribution in [0.2, 0.25) is 0 Å². The van der Waals surface area contributed by atoms with E-state index in [0.29, 0.717) is 6.42 Å². The van der Waals surface area contributed by atoms with Gasteiger partial charge in [-0.1, -0.05) is 13.5 Å². The number of likely N-dealkylation sites (tertiary alicyclic amines) is 1. The van der Waals surface area contributed by atoms with Crippen LogP contribution in [0.5, 0.6) is 0 Å². The second-order valence-corrected chi connectivity index (χ2v) is 2.75. The maximum Gasteiger partial charge on any atom is 0.223 e. The summed E-state index contributed by atoms with van der Waals surface area (Å²) in [7, 11) is 0. The first kappa shape index (κ1) is 7.32. The number of amides is 1. The molecule has 0 bridgehead atoms. The normalized spacial score (nSPS) is 16.9. The summed E-state index contributed by atoms with van der Waals surface area (Å²) in [5, 5.41) is 0. The third kappa shape index (κ3) is 1.38. The standard InChI is InChI=1S/C8H13NO/c1-3-4-8(10)9-5-7(2)6-9/h2-6H2,1H3. The van der Waals surface area contributed by atoms with E-state index in [1.165, 1.54) is 5.57 Å². The molecule has 0 aromatic heterocycles. The Bertz CT molecular complexity index is 155. The van der Waals surface area contributed by atoms with Crippen LogP contribution in [-0.4, -0.2) is 23.9 Å². The molecule has 10 heavy (non-hydrogen) atoms. The minimum absolute atomic E-state index is 0.273. The molecule has 0 N–H and O–H groups in total. The zero-order valence-electron chi connectivity index (χ0n) is 6.39. The molecule has 1 aliphatic rings. The lowest BCUT2D eigenvalue weighted by Crippen LogP contribution is -2.43. The lowest BCUT2D eigenvalue weighted by atomic mass is 10.1. The van der Waals surface area contributed by atoms with Gasteiger partial charge in [-0.25, -0.2) is 0 Å². The smallest absolute Gasteiger partial charge is 0.223 e. The predicted molar refractivity (Wildman–Crippen MR) is 40.6 cm³/mol. The molecule has 0 aromatic rings. The van der Waals surface area contributed by atoms with Gasteiger partial charge in [-0.15, -0.1) is 0 Å². The van der Waals surface area contributed by atoms with Gasteiger partial charge in [-0.2, -0.15) is 0 Å². The molecular formula is C8H13NO. The minimum atomic E-state index is 0.273. The number of hydrogen-bond donors (Lipinski definition) is 0. The minimum Gasteiger partial charge on any atom is -0.335 e. The molecule has 1 amide bonds. The fourth-order valence-electron chi connectivity index (χ4n) is 1.04. The highest BCUT2D eigenvalue weighted by atomic mass is 16.2. The molecule has 1 fully saturated rings. The molecule has 0 aromatic carbocycles. The Morgan fingerprint density at radius 1 is 1.70 bits per heavy atom. The maximum absolute atomic E-state index is 11.1. The van der Waals surface area contributed by atoms with Crippen LogP contribution >= 0.6 is 0 Å². The first-order chi connectivity index (χ1) is 4.74. The zero-order valence-corrected chi connectivity index (χ0v) is 6.39. The second-order valence-electron chi connectivity index (χ2n) is 2.75. The van der Waals surface area contributed by atoms with E-state index >= 15 is 0 Å². The molecular weight excluding hydrogens is 126 g/mol. The third-order valence-corrected chi connectivity index (χ3v) is 1.65. The molecule has 1 heterocycles. The number of carbonyl (C=O) groups is 1. The molecule has 56 valence electrons. The number of carbonyl (C=O) groups excluding carboxylic acids is 1. The topological polar surface area (TPSA) is 20.3 Å². The average molecular weight is 139 g/mol. The summed E-state index contributed by atoms with van der Waals surface area (Å²) in [6, 6.07) is 0. The summed E-state index contributed by atoms with van der Waals surface area (Å²) in [5.74, 6) is 0.273. The molecule has 0 aliphatic carbocycles. The van der Waals surface area contributed by atoms with Gasteiger partial charge in [0.05, 0.1) is 0 Å². The van der Waals surface area contributed by atoms with Gasteiger partial charge in [0.25, 0.3) is 0 Å². The lowest BCUT2D eigenvalue weighted by molar-refractivity contribution is -0.132. The molecule has 1 aliphatic heterocycles. The van der Waals surface area contributed by atoms with Crippen molar-refractivity contribution in [2.45, 2.75) is 19.8 Å². The van der Waals surface area contributed by atoms with Crippen LogP contribution in [0, 0.1) is 0 Å². The molecule has 2 nitrogen and oxygen atoms in total. The van der Waals surface area contributed by atoms with E-state index in [9.17, 15) is 4.79 Å². The van der Waals surface area contributed by atoms with Crippen molar-refractivity contribution in [3.8, 4) is 0 Å². The Morgan fingerprint density at radius 3 is 2.70 bits per heavy atom. The van der Waals surface area contributed by atoms with E-state index in [4.69, 9.17) is 0 Å². The average Bonchev–Trinajstić information content (AvgIpc) is 1.82. The zero-order chi connectivity index (χ0) is 7.56. The highest BCUT2D eigenvalue weighted by molar-refractivity contribution is 5.78. The first-order valence-electron chi connectivity index (χ1n) is 3.68.